The second kappa shape index (κ2) is 6.27. The fourth-order valence-electron chi connectivity index (χ4n) is 1.42. The average Bonchev–Trinajstić information content (AvgIpc) is 2.26. The van der Waals surface area contributed by atoms with Gasteiger partial charge in [0.25, 0.3) is 0 Å². The van der Waals surface area contributed by atoms with Crippen molar-refractivity contribution in [3.63, 3.8) is 0 Å². The first kappa shape index (κ1) is 14.3. The number of aliphatic carboxylic acids is 2. The molecular weight excluding hydrogens is 260 g/mol. The van der Waals surface area contributed by atoms with Gasteiger partial charge in [0.1, 0.15) is 0 Å². The Hall–Kier alpha value is -1.73. The molecule has 0 radical (unpaired) electrons. The van der Waals surface area contributed by atoms with Crippen LogP contribution in [-0.4, -0.2) is 30.9 Å². The highest BCUT2D eigenvalue weighted by Crippen LogP contribution is 2.12. The Morgan fingerprint density at radius 3 is 1.94 bits per heavy atom. The average molecular weight is 271 g/mol. The van der Waals surface area contributed by atoms with Crippen molar-refractivity contribution in [3.05, 3.63) is 35.4 Å². The van der Waals surface area contributed by atoms with Crippen molar-refractivity contribution in [2.75, 3.05) is 0 Å². The van der Waals surface area contributed by atoms with Crippen molar-refractivity contribution in [1.82, 2.24) is 0 Å². The smallest absolute Gasteiger partial charge is 0.318 e. The zero-order valence-electron chi connectivity index (χ0n) is 9.24. The third-order valence-corrected chi connectivity index (χ3v) is 2.91. The highest BCUT2D eigenvalue weighted by Gasteiger charge is 2.25. The Kier molecular flexibility index (Phi) is 4.99. The maximum Gasteiger partial charge on any atom is 0.318 e. The maximum atomic E-state index is 10.7. The summed E-state index contributed by atoms with van der Waals surface area (Å²) in [6.07, 6.45) is -0.134. The van der Waals surface area contributed by atoms with E-state index >= 15 is 0 Å². The lowest BCUT2D eigenvalue weighted by Crippen LogP contribution is -2.25. The standard InChI is InChI=1S/C11H12O6S/c12-10(13)9(11(14)15)5-7-1-3-8(4-2-7)6-18(16)17/h1-4,9H,5-6H2,(H,12,13)(H,14,15)(H,16,17)/p-1. The molecule has 0 aliphatic carbocycles. The summed E-state index contributed by atoms with van der Waals surface area (Å²) in [7, 11) is 0. The quantitative estimate of drug-likeness (QED) is 0.571. The van der Waals surface area contributed by atoms with E-state index in [0.717, 1.165) is 0 Å². The Morgan fingerprint density at radius 2 is 1.56 bits per heavy atom. The van der Waals surface area contributed by atoms with E-state index in [0.29, 0.717) is 11.1 Å². The van der Waals surface area contributed by atoms with Crippen LogP contribution in [0.25, 0.3) is 0 Å². The van der Waals surface area contributed by atoms with Crippen LogP contribution in [0.5, 0.6) is 0 Å². The zero-order valence-corrected chi connectivity index (χ0v) is 10.1. The number of carbonyl (C=O) groups is 2. The topological polar surface area (TPSA) is 115 Å². The van der Waals surface area contributed by atoms with Gasteiger partial charge in [-0.3, -0.25) is 13.8 Å². The molecule has 18 heavy (non-hydrogen) atoms. The van der Waals surface area contributed by atoms with Crippen molar-refractivity contribution in [1.29, 1.82) is 0 Å². The third kappa shape index (κ3) is 4.27. The third-order valence-electron chi connectivity index (χ3n) is 2.34. The summed E-state index contributed by atoms with van der Waals surface area (Å²) in [5.74, 6) is -4.41. The first-order valence-electron chi connectivity index (χ1n) is 4.99. The van der Waals surface area contributed by atoms with Gasteiger partial charge in [-0.2, -0.15) is 0 Å². The SMILES string of the molecule is O=C(O)C(Cc1ccc(CS(=O)[O-])cc1)C(=O)O. The molecule has 1 rings (SSSR count). The minimum atomic E-state index is -2.19. The molecule has 1 aromatic rings. The lowest BCUT2D eigenvalue weighted by atomic mass is 9.99. The van der Waals surface area contributed by atoms with Crippen LogP contribution in [-0.2, 0) is 32.8 Å². The molecule has 1 unspecified atom stereocenters. The molecule has 0 spiro atoms. The highest BCUT2D eigenvalue weighted by molar-refractivity contribution is 7.78. The number of benzene rings is 1. The molecule has 0 fully saturated rings. The number of hydrogen-bond donors (Lipinski definition) is 2. The molecule has 0 saturated carbocycles. The number of carboxylic acid groups (broad SMARTS) is 2. The van der Waals surface area contributed by atoms with E-state index < -0.39 is 28.9 Å². The van der Waals surface area contributed by atoms with E-state index in [-0.39, 0.29) is 12.2 Å². The molecule has 1 aromatic carbocycles. The van der Waals surface area contributed by atoms with E-state index in [9.17, 15) is 18.4 Å². The number of hydrogen-bond acceptors (Lipinski definition) is 4. The van der Waals surface area contributed by atoms with Crippen LogP contribution in [0, 0.1) is 5.92 Å². The van der Waals surface area contributed by atoms with E-state index in [1.807, 2.05) is 0 Å². The van der Waals surface area contributed by atoms with Crippen LogP contribution in [0.1, 0.15) is 11.1 Å². The fraction of sp³-hybridized carbons (Fsp3) is 0.273. The molecule has 7 heteroatoms. The molecule has 6 nitrogen and oxygen atoms in total. The van der Waals surface area contributed by atoms with E-state index in [1.54, 1.807) is 0 Å². The van der Waals surface area contributed by atoms with Crippen LogP contribution in [0.15, 0.2) is 24.3 Å². The van der Waals surface area contributed by atoms with Crippen molar-refractivity contribution < 1.29 is 28.6 Å². The van der Waals surface area contributed by atoms with Gasteiger partial charge in [0.2, 0.25) is 0 Å². The van der Waals surface area contributed by atoms with Crippen LogP contribution in [0.3, 0.4) is 0 Å². The Labute approximate surface area is 106 Å². The first-order chi connectivity index (χ1) is 8.40. The highest BCUT2D eigenvalue weighted by atomic mass is 32.2. The van der Waals surface area contributed by atoms with Gasteiger partial charge >= 0.3 is 11.9 Å². The Bertz CT molecular complexity index is 453. The molecule has 0 bridgehead atoms. The van der Waals surface area contributed by atoms with Gasteiger partial charge in [0, 0.05) is 5.75 Å². The summed E-state index contributed by atoms with van der Waals surface area (Å²) < 4.78 is 20.9. The number of rotatable bonds is 6. The lowest BCUT2D eigenvalue weighted by Gasteiger charge is -2.09. The van der Waals surface area contributed by atoms with Gasteiger partial charge in [0.05, 0.1) is 0 Å². The van der Waals surface area contributed by atoms with Crippen molar-refractivity contribution in [2.45, 2.75) is 12.2 Å². The predicted molar refractivity (Wildman–Crippen MR) is 61.5 cm³/mol. The minimum absolute atomic E-state index is 0.123. The molecule has 0 aromatic heterocycles. The molecule has 2 N–H and O–H groups in total. The molecule has 1 atom stereocenters. The van der Waals surface area contributed by atoms with Gasteiger partial charge in [-0.15, -0.1) is 0 Å². The maximum absolute atomic E-state index is 10.7. The van der Waals surface area contributed by atoms with Crippen molar-refractivity contribution in [3.8, 4) is 0 Å². The second-order valence-corrected chi connectivity index (χ2v) is 4.59. The van der Waals surface area contributed by atoms with Crippen LogP contribution < -0.4 is 0 Å². The number of carboxylic acids is 2. The molecule has 0 amide bonds. The summed E-state index contributed by atoms with van der Waals surface area (Å²) >= 11 is -2.19. The minimum Gasteiger partial charge on any atom is -0.772 e. The largest absolute Gasteiger partial charge is 0.772 e. The van der Waals surface area contributed by atoms with Crippen molar-refractivity contribution in [2.24, 2.45) is 5.92 Å². The summed E-state index contributed by atoms with van der Waals surface area (Å²) in [6.45, 7) is 0. The fourth-order valence-corrected chi connectivity index (χ4v) is 1.89. The van der Waals surface area contributed by atoms with Crippen LogP contribution in [0.2, 0.25) is 0 Å². The van der Waals surface area contributed by atoms with E-state index in [1.165, 1.54) is 24.3 Å². The van der Waals surface area contributed by atoms with E-state index in [4.69, 9.17) is 10.2 Å². The van der Waals surface area contributed by atoms with Gasteiger partial charge in [-0.05, 0) is 17.5 Å². The molecule has 0 aliphatic rings. The molecule has 0 heterocycles. The predicted octanol–water partition coefficient (Wildman–Crippen LogP) is 0.394. The Balaban J connectivity index is 2.76. The van der Waals surface area contributed by atoms with Gasteiger partial charge < -0.3 is 14.8 Å². The summed E-state index contributed by atoms with van der Waals surface area (Å²) in [5, 5.41) is 17.4. The second-order valence-electron chi connectivity index (χ2n) is 3.70. The summed E-state index contributed by atoms with van der Waals surface area (Å²) in [6, 6.07) is 6.12. The monoisotopic (exact) mass is 271 g/mol. The normalized spacial score (nSPS) is 12.3. The van der Waals surface area contributed by atoms with Gasteiger partial charge in [-0.25, -0.2) is 0 Å². The zero-order chi connectivity index (χ0) is 13.7. The molecule has 0 saturated heterocycles. The summed E-state index contributed by atoms with van der Waals surface area (Å²) in [5.41, 5.74) is 1.10. The molecular formula is C11H11O6S-. The lowest BCUT2D eigenvalue weighted by molar-refractivity contribution is -0.154. The van der Waals surface area contributed by atoms with Crippen molar-refractivity contribution >= 4 is 23.0 Å². The first-order valence-corrected chi connectivity index (χ1v) is 6.24. The van der Waals surface area contributed by atoms with Gasteiger partial charge in [0.15, 0.2) is 5.92 Å². The summed E-state index contributed by atoms with van der Waals surface area (Å²) in [4.78, 5) is 21.4. The van der Waals surface area contributed by atoms with Crippen LogP contribution >= 0.6 is 0 Å². The van der Waals surface area contributed by atoms with Gasteiger partial charge in [-0.1, -0.05) is 35.3 Å². The Morgan fingerprint density at radius 1 is 1.11 bits per heavy atom. The molecule has 98 valence electrons. The van der Waals surface area contributed by atoms with Crippen LogP contribution in [0.4, 0.5) is 0 Å². The van der Waals surface area contributed by atoms with E-state index in [2.05, 4.69) is 0 Å². The molecule has 0 aliphatic heterocycles.